The van der Waals surface area contributed by atoms with Crippen LogP contribution in [0.25, 0.3) is 0 Å². The van der Waals surface area contributed by atoms with Gasteiger partial charge in [0.25, 0.3) is 0 Å². The third kappa shape index (κ3) is 71.0. The van der Waals surface area contributed by atoms with Gasteiger partial charge < -0.3 is 20.3 Å². The van der Waals surface area contributed by atoms with E-state index < -0.39 is 12.1 Å². The van der Waals surface area contributed by atoms with Gasteiger partial charge in [0.15, 0.2) is 0 Å². The van der Waals surface area contributed by atoms with E-state index in [0.717, 1.165) is 44.9 Å². The van der Waals surface area contributed by atoms with Crippen LogP contribution in [0.2, 0.25) is 0 Å². The number of aliphatic hydroxyl groups excluding tert-OH is 2. The van der Waals surface area contributed by atoms with Crippen LogP contribution in [0.3, 0.4) is 0 Å². The maximum atomic E-state index is 12.5. The number of hydrogen-bond donors (Lipinski definition) is 3. The number of esters is 1. The van der Waals surface area contributed by atoms with E-state index in [9.17, 15) is 19.8 Å². The zero-order valence-corrected chi connectivity index (χ0v) is 57.6. The van der Waals surface area contributed by atoms with E-state index in [0.29, 0.717) is 19.4 Å². The van der Waals surface area contributed by atoms with Gasteiger partial charge >= 0.3 is 5.97 Å². The summed E-state index contributed by atoms with van der Waals surface area (Å²) in [6.07, 6.45) is 96.8. The molecule has 0 fully saturated rings. The highest BCUT2D eigenvalue weighted by Gasteiger charge is 2.18. The molecule has 0 saturated heterocycles. The Hall–Kier alpha value is -1.92. The van der Waals surface area contributed by atoms with Crippen molar-refractivity contribution in [1.29, 1.82) is 0 Å². The predicted octanol–water partition coefficient (Wildman–Crippen LogP) is 25.4. The number of carbonyl (C=O) groups is 2. The van der Waals surface area contributed by atoms with Crippen LogP contribution in [-0.2, 0) is 14.3 Å². The number of unbranched alkanes of at least 4 members (excludes halogenated alkanes) is 58. The van der Waals surface area contributed by atoms with Crippen molar-refractivity contribution >= 4 is 11.9 Å². The summed E-state index contributed by atoms with van der Waals surface area (Å²) in [6, 6.07) is -0.628. The zero-order chi connectivity index (χ0) is 61.3. The fraction of sp³-hybridized carbons (Fsp3) is 0.899. The van der Waals surface area contributed by atoms with E-state index in [1.54, 1.807) is 6.08 Å². The normalized spacial score (nSPS) is 12.7. The molecule has 1 amide bonds. The summed E-state index contributed by atoms with van der Waals surface area (Å²) in [5.74, 6) is -0.0449. The molecule has 85 heavy (non-hydrogen) atoms. The SMILES string of the molecule is CCCCCCCCCCCCCCCCCCCCC/C=C/C(O)C(CO)NC(=O)CCCCCCCCCCCCCCCCCCC/C=C\C/C=C\CCCCCCCCCCCOC(=O)CCCCCCCCCCCCCCCC. The van der Waals surface area contributed by atoms with Gasteiger partial charge in [-0.05, 0) is 64.2 Å². The molecule has 0 heterocycles. The van der Waals surface area contributed by atoms with E-state index in [4.69, 9.17) is 4.74 Å². The molecule has 0 aliphatic carbocycles. The van der Waals surface area contributed by atoms with Crippen molar-refractivity contribution in [1.82, 2.24) is 5.32 Å². The summed E-state index contributed by atoms with van der Waals surface area (Å²) in [4.78, 5) is 24.6. The van der Waals surface area contributed by atoms with Gasteiger partial charge in [-0.2, -0.15) is 0 Å². The van der Waals surface area contributed by atoms with Gasteiger partial charge in [0.2, 0.25) is 5.91 Å². The highest BCUT2D eigenvalue weighted by atomic mass is 16.5. The van der Waals surface area contributed by atoms with Crippen LogP contribution in [-0.4, -0.2) is 47.4 Å². The van der Waals surface area contributed by atoms with E-state index in [1.165, 1.54) is 360 Å². The smallest absolute Gasteiger partial charge is 0.305 e. The molecule has 0 saturated carbocycles. The number of ether oxygens (including phenoxy) is 1. The van der Waals surface area contributed by atoms with Crippen LogP contribution in [0.4, 0.5) is 0 Å². The van der Waals surface area contributed by atoms with Gasteiger partial charge in [0, 0.05) is 12.8 Å². The highest BCUT2D eigenvalue weighted by molar-refractivity contribution is 5.76. The van der Waals surface area contributed by atoms with Gasteiger partial charge in [0.1, 0.15) is 0 Å². The molecule has 0 radical (unpaired) electrons. The summed E-state index contributed by atoms with van der Waals surface area (Å²) in [5.41, 5.74) is 0. The van der Waals surface area contributed by atoms with Gasteiger partial charge in [0.05, 0.1) is 25.4 Å². The van der Waals surface area contributed by atoms with Crippen LogP contribution in [0, 0.1) is 0 Å². The van der Waals surface area contributed by atoms with Crippen molar-refractivity contribution in [3.05, 3.63) is 36.5 Å². The number of amides is 1. The topological polar surface area (TPSA) is 95.9 Å². The molecular formula is C79H151NO5. The Labute approximate surface area is 532 Å². The largest absolute Gasteiger partial charge is 0.466 e. The Balaban J connectivity index is 3.40. The van der Waals surface area contributed by atoms with Crippen molar-refractivity contribution in [2.75, 3.05) is 13.2 Å². The molecule has 0 aliphatic heterocycles. The standard InChI is InChI=1S/C79H151NO5/c1-3-5-7-9-11-13-15-17-19-20-21-35-38-41-44-47-51-55-59-63-67-71-77(82)76(75-81)80-78(83)72-68-64-60-56-52-48-45-42-39-36-33-31-29-27-25-23-22-24-26-28-30-32-34-37-40-43-46-50-54-58-62-66-70-74-85-79(84)73-69-65-61-57-53-49-18-16-14-12-10-8-6-4-2/h26,28,32,34,67,71,76-77,81-82H,3-25,27,29-31,33,35-66,68-70,72-75H2,1-2H3,(H,80,83)/b28-26-,34-32-,71-67+. The first-order valence-corrected chi connectivity index (χ1v) is 38.8. The maximum absolute atomic E-state index is 12.5. The van der Waals surface area contributed by atoms with Crippen LogP contribution in [0.1, 0.15) is 431 Å². The van der Waals surface area contributed by atoms with Crippen LogP contribution in [0.5, 0.6) is 0 Å². The third-order valence-electron chi connectivity index (χ3n) is 18.2. The predicted molar refractivity (Wildman–Crippen MR) is 375 cm³/mol. The van der Waals surface area contributed by atoms with Gasteiger partial charge in [-0.25, -0.2) is 0 Å². The summed E-state index contributed by atoms with van der Waals surface area (Å²) in [5, 5.41) is 23.3. The third-order valence-corrected chi connectivity index (χ3v) is 18.2. The Bertz CT molecular complexity index is 1380. The average molecular weight is 1200 g/mol. The van der Waals surface area contributed by atoms with E-state index in [2.05, 4.69) is 43.5 Å². The summed E-state index contributed by atoms with van der Waals surface area (Å²) in [6.45, 7) is 4.95. The first-order valence-electron chi connectivity index (χ1n) is 38.8. The molecule has 2 atom stereocenters. The van der Waals surface area contributed by atoms with Crippen LogP contribution >= 0.6 is 0 Å². The molecule has 6 nitrogen and oxygen atoms in total. The van der Waals surface area contributed by atoms with Crippen molar-refractivity contribution in [3.63, 3.8) is 0 Å². The summed E-state index contributed by atoms with van der Waals surface area (Å²) in [7, 11) is 0. The highest BCUT2D eigenvalue weighted by Crippen LogP contribution is 2.19. The van der Waals surface area contributed by atoms with Crippen molar-refractivity contribution < 1.29 is 24.5 Å². The lowest BCUT2D eigenvalue weighted by molar-refractivity contribution is -0.143. The molecule has 3 N–H and O–H groups in total. The molecule has 6 heteroatoms. The lowest BCUT2D eigenvalue weighted by atomic mass is 10.0. The molecule has 0 aliphatic rings. The molecule has 0 bridgehead atoms. The second-order valence-corrected chi connectivity index (χ2v) is 26.7. The second-order valence-electron chi connectivity index (χ2n) is 26.7. The monoisotopic (exact) mass is 1190 g/mol. The Morgan fingerprint density at radius 3 is 0.894 bits per heavy atom. The molecule has 502 valence electrons. The first-order chi connectivity index (χ1) is 42.0. The van der Waals surface area contributed by atoms with E-state index in [1.807, 2.05) is 6.08 Å². The minimum absolute atomic E-state index is 0.0169. The number of aliphatic hydroxyl groups is 2. The molecule has 0 aromatic heterocycles. The number of rotatable bonds is 73. The van der Waals surface area contributed by atoms with E-state index >= 15 is 0 Å². The lowest BCUT2D eigenvalue weighted by Gasteiger charge is -2.20. The Kier molecular flexibility index (Phi) is 72.9. The van der Waals surface area contributed by atoms with Crippen molar-refractivity contribution in [2.45, 2.75) is 443 Å². The van der Waals surface area contributed by atoms with Crippen LogP contribution in [0.15, 0.2) is 36.5 Å². The lowest BCUT2D eigenvalue weighted by Crippen LogP contribution is -2.45. The fourth-order valence-corrected chi connectivity index (χ4v) is 12.3. The number of hydrogen-bond acceptors (Lipinski definition) is 5. The van der Waals surface area contributed by atoms with Gasteiger partial charge in [-0.3, -0.25) is 9.59 Å². The average Bonchev–Trinajstić information content (AvgIpc) is 3.51. The molecular weight excluding hydrogens is 1040 g/mol. The number of nitrogens with one attached hydrogen (secondary N) is 1. The van der Waals surface area contributed by atoms with Crippen LogP contribution < -0.4 is 5.32 Å². The Morgan fingerprint density at radius 1 is 0.329 bits per heavy atom. The fourth-order valence-electron chi connectivity index (χ4n) is 12.3. The van der Waals surface area contributed by atoms with Gasteiger partial charge in [-0.15, -0.1) is 0 Å². The van der Waals surface area contributed by atoms with Crippen molar-refractivity contribution in [3.8, 4) is 0 Å². The first kappa shape index (κ1) is 83.1. The molecule has 2 unspecified atom stereocenters. The Morgan fingerprint density at radius 2 is 0.588 bits per heavy atom. The van der Waals surface area contributed by atoms with Crippen molar-refractivity contribution in [2.24, 2.45) is 0 Å². The summed E-state index contributed by atoms with van der Waals surface area (Å²) >= 11 is 0. The number of allylic oxidation sites excluding steroid dienone is 5. The number of carbonyl (C=O) groups excluding carboxylic acids is 2. The molecule has 0 rings (SSSR count). The summed E-state index contributed by atoms with van der Waals surface area (Å²) < 4.78 is 5.49. The molecule has 0 spiro atoms. The minimum Gasteiger partial charge on any atom is -0.466 e. The molecule has 0 aromatic rings. The minimum atomic E-state index is -0.844. The van der Waals surface area contributed by atoms with E-state index in [-0.39, 0.29) is 18.5 Å². The second kappa shape index (κ2) is 74.5. The maximum Gasteiger partial charge on any atom is 0.305 e. The zero-order valence-electron chi connectivity index (χ0n) is 57.6. The molecule has 0 aromatic carbocycles. The quantitative estimate of drug-likeness (QED) is 0.0320. The van der Waals surface area contributed by atoms with Gasteiger partial charge in [-0.1, -0.05) is 391 Å².